The van der Waals surface area contributed by atoms with Gasteiger partial charge in [0.15, 0.2) is 0 Å². The Labute approximate surface area is 125 Å². The Morgan fingerprint density at radius 1 is 1.35 bits per heavy atom. The lowest BCUT2D eigenvalue weighted by atomic mass is 9.93. The number of hydrogen-bond donors (Lipinski definition) is 0. The van der Waals surface area contributed by atoms with Crippen LogP contribution in [0.5, 0.6) is 5.75 Å². The summed E-state index contributed by atoms with van der Waals surface area (Å²) in [7, 11) is 1.64. The molecule has 0 radical (unpaired) electrons. The molecule has 0 N–H and O–H groups in total. The molecule has 0 spiro atoms. The van der Waals surface area contributed by atoms with Crippen LogP contribution in [0.1, 0.15) is 25.3 Å². The van der Waals surface area contributed by atoms with Gasteiger partial charge in [-0.1, -0.05) is 12.1 Å². The monoisotopic (exact) mass is 295 g/mol. The van der Waals surface area contributed by atoms with E-state index in [1.54, 1.807) is 7.11 Å². The predicted molar refractivity (Wildman–Crippen MR) is 81.3 cm³/mol. The van der Waals surface area contributed by atoms with Crippen LogP contribution in [0.25, 0.3) is 0 Å². The highest BCUT2D eigenvalue weighted by molar-refractivity contribution is 6.20. The first-order chi connectivity index (χ1) is 9.60. The number of methoxy groups -OCH3 is 1. The van der Waals surface area contributed by atoms with E-state index in [0.717, 1.165) is 37.2 Å². The molecule has 20 heavy (non-hydrogen) atoms. The van der Waals surface area contributed by atoms with Crippen molar-refractivity contribution in [2.45, 2.75) is 31.6 Å². The molecule has 1 heterocycles. The highest BCUT2D eigenvalue weighted by Crippen LogP contribution is 2.24. The van der Waals surface area contributed by atoms with Crippen LogP contribution < -0.4 is 4.74 Å². The zero-order chi connectivity index (χ0) is 14.5. The first-order valence-electron chi connectivity index (χ1n) is 7.15. The highest BCUT2D eigenvalue weighted by Gasteiger charge is 2.25. The fraction of sp³-hybridized carbons (Fsp3) is 0.562. The van der Waals surface area contributed by atoms with E-state index in [9.17, 15) is 4.79 Å². The minimum Gasteiger partial charge on any atom is -0.497 e. The second-order valence-corrected chi connectivity index (χ2v) is 6.11. The van der Waals surface area contributed by atoms with Gasteiger partial charge in [-0.25, -0.2) is 0 Å². The number of nitrogens with zero attached hydrogens (tertiary/aromatic N) is 1. The average Bonchev–Trinajstić information content (AvgIpc) is 2.48. The van der Waals surface area contributed by atoms with E-state index in [2.05, 4.69) is 0 Å². The van der Waals surface area contributed by atoms with Crippen LogP contribution in [0.3, 0.4) is 0 Å². The van der Waals surface area contributed by atoms with Crippen molar-refractivity contribution in [1.82, 2.24) is 4.90 Å². The second-order valence-electron chi connectivity index (χ2n) is 5.42. The summed E-state index contributed by atoms with van der Waals surface area (Å²) in [4.78, 5) is 14.2. The Hall–Kier alpha value is -1.22. The van der Waals surface area contributed by atoms with Crippen molar-refractivity contribution in [2.24, 2.45) is 5.92 Å². The van der Waals surface area contributed by atoms with Crippen LogP contribution >= 0.6 is 11.6 Å². The number of likely N-dealkylation sites (tertiary alicyclic amines) is 1. The molecule has 1 aliphatic rings. The number of hydrogen-bond acceptors (Lipinski definition) is 2. The second kappa shape index (κ2) is 6.98. The lowest BCUT2D eigenvalue weighted by Gasteiger charge is -2.33. The fourth-order valence-electron chi connectivity index (χ4n) is 2.64. The third-order valence-corrected chi connectivity index (χ3v) is 4.41. The summed E-state index contributed by atoms with van der Waals surface area (Å²) in [6.07, 6.45) is 2.49. The first kappa shape index (κ1) is 15.2. The molecule has 0 saturated carbocycles. The number of amides is 1. The number of carbonyl (C=O) groups is 1. The molecule has 1 aliphatic heterocycles. The molecule has 3 nitrogen and oxygen atoms in total. The summed E-state index contributed by atoms with van der Waals surface area (Å²) < 4.78 is 5.12. The van der Waals surface area contributed by atoms with Gasteiger partial charge in [-0.2, -0.15) is 0 Å². The Morgan fingerprint density at radius 3 is 2.45 bits per heavy atom. The number of halogens is 1. The third-order valence-electron chi connectivity index (χ3n) is 4.06. The standard InChI is InChI=1S/C16H22ClNO2/c1-12(17)14-7-9-18(10-8-14)16(19)11-13-3-5-15(20-2)6-4-13/h3-6,12,14H,7-11H2,1-2H3. The number of rotatable bonds is 4. The molecular formula is C16H22ClNO2. The normalized spacial score (nSPS) is 17.9. The van der Waals surface area contributed by atoms with E-state index in [1.165, 1.54) is 0 Å². The molecule has 1 fully saturated rings. The highest BCUT2D eigenvalue weighted by atomic mass is 35.5. The Bertz CT molecular complexity index is 436. The van der Waals surface area contributed by atoms with Crippen LogP contribution in [-0.4, -0.2) is 36.4 Å². The summed E-state index contributed by atoms with van der Waals surface area (Å²) >= 11 is 6.13. The third kappa shape index (κ3) is 3.89. The van der Waals surface area contributed by atoms with Crippen molar-refractivity contribution < 1.29 is 9.53 Å². The van der Waals surface area contributed by atoms with Crippen LogP contribution in [-0.2, 0) is 11.2 Å². The van der Waals surface area contributed by atoms with E-state index in [1.807, 2.05) is 36.1 Å². The Balaban J connectivity index is 1.86. The first-order valence-corrected chi connectivity index (χ1v) is 7.58. The van der Waals surface area contributed by atoms with Crippen molar-refractivity contribution in [2.75, 3.05) is 20.2 Å². The quantitative estimate of drug-likeness (QED) is 0.799. The Morgan fingerprint density at radius 2 is 1.95 bits per heavy atom. The maximum Gasteiger partial charge on any atom is 0.226 e. The summed E-state index contributed by atoms with van der Waals surface area (Å²) in [6, 6.07) is 7.68. The molecular weight excluding hydrogens is 274 g/mol. The van der Waals surface area contributed by atoms with E-state index in [-0.39, 0.29) is 11.3 Å². The molecule has 0 bridgehead atoms. The van der Waals surface area contributed by atoms with Gasteiger partial charge in [-0.05, 0) is 43.4 Å². The van der Waals surface area contributed by atoms with Gasteiger partial charge >= 0.3 is 0 Å². The molecule has 1 atom stereocenters. The minimum atomic E-state index is 0.203. The number of alkyl halides is 1. The van der Waals surface area contributed by atoms with Gasteiger partial charge in [-0.15, -0.1) is 11.6 Å². The van der Waals surface area contributed by atoms with Crippen molar-refractivity contribution in [3.05, 3.63) is 29.8 Å². The van der Waals surface area contributed by atoms with Gasteiger partial charge in [0.2, 0.25) is 5.91 Å². The molecule has 0 aromatic heterocycles. The van der Waals surface area contributed by atoms with Crippen LogP contribution in [0.15, 0.2) is 24.3 Å². The molecule has 1 unspecified atom stereocenters. The number of carbonyl (C=O) groups excluding carboxylic acids is 1. The average molecular weight is 296 g/mol. The molecule has 1 aromatic rings. The van der Waals surface area contributed by atoms with Crippen molar-refractivity contribution in [1.29, 1.82) is 0 Å². The van der Waals surface area contributed by atoms with Gasteiger partial charge in [0.05, 0.1) is 13.5 Å². The summed E-state index contributed by atoms with van der Waals surface area (Å²) in [5, 5.41) is 0.203. The lowest BCUT2D eigenvalue weighted by Crippen LogP contribution is -2.40. The topological polar surface area (TPSA) is 29.5 Å². The van der Waals surface area contributed by atoms with Gasteiger partial charge < -0.3 is 9.64 Å². The van der Waals surface area contributed by atoms with Gasteiger partial charge in [-0.3, -0.25) is 4.79 Å². The molecule has 1 amide bonds. The summed E-state index contributed by atoms with van der Waals surface area (Å²) in [6.45, 7) is 3.70. The van der Waals surface area contributed by atoms with Crippen molar-refractivity contribution in [3.63, 3.8) is 0 Å². The molecule has 2 rings (SSSR count). The van der Waals surface area contributed by atoms with Crippen LogP contribution in [0.2, 0.25) is 0 Å². The molecule has 0 aliphatic carbocycles. The van der Waals surface area contributed by atoms with Gasteiger partial charge in [0.1, 0.15) is 5.75 Å². The fourth-order valence-corrected chi connectivity index (χ4v) is 2.89. The SMILES string of the molecule is COc1ccc(CC(=O)N2CCC(C(C)Cl)CC2)cc1. The molecule has 4 heteroatoms. The summed E-state index contributed by atoms with van der Waals surface area (Å²) in [5.74, 6) is 1.57. The Kier molecular flexibility index (Phi) is 5.30. The maximum absolute atomic E-state index is 12.3. The molecule has 1 aromatic carbocycles. The zero-order valence-corrected chi connectivity index (χ0v) is 12.9. The van der Waals surface area contributed by atoms with Crippen molar-refractivity contribution >= 4 is 17.5 Å². The van der Waals surface area contributed by atoms with E-state index in [4.69, 9.17) is 16.3 Å². The van der Waals surface area contributed by atoms with Crippen molar-refractivity contribution in [3.8, 4) is 5.75 Å². The van der Waals surface area contributed by atoms with Gasteiger partial charge in [0, 0.05) is 18.5 Å². The van der Waals surface area contributed by atoms with E-state index in [0.29, 0.717) is 12.3 Å². The largest absolute Gasteiger partial charge is 0.497 e. The smallest absolute Gasteiger partial charge is 0.226 e. The number of piperidine rings is 1. The number of ether oxygens (including phenoxy) is 1. The predicted octanol–water partition coefficient (Wildman–Crippen LogP) is 3.10. The van der Waals surface area contributed by atoms with E-state index >= 15 is 0 Å². The lowest BCUT2D eigenvalue weighted by molar-refractivity contribution is -0.131. The maximum atomic E-state index is 12.3. The minimum absolute atomic E-state index is 0.203. The zero-order valence-electron chi connectivity index (χ0n) is 12.1. The number of benzene rings is 1. The van der Waals surface area contributed by atoms with Crippen LogP contribution in [0.4, 0.5) is 0 Å². The van der Waals surface area contributed by atoms with Gasteiger partial charge in [0.25, 0.3) is 0 Å². The van der Waals surface area contributed by atoms with E-state index < -0.39 is 0 Å². The van der Waals surface area contributed by atoms with Crippen LogP contribution in [0, 0.1) is 5.92 Å². The summed E-state index contributed by atoms with van der Waals surface area (Å²) in [5.41, 5.74) is 1.03. The molecule has 1 saturated heterocycles. The molecule has 110 valence electrons.